The summed E-state index contributed by atoms with van der Waals surface area (Å²) in [5.74, 6) is -1.41. The summed E-state index contributed by atoms with van der Waals surface area (Å²) in [6.45, 7) is 5.43. The first-order chi connectivity index (χ1) is 15.3. The summed E-state index contributed by atoms with van der Waals surface area (Å²) >= 11 is 0. The van der Waals surface area contributed by atoms with Crippen molar-refractivity contribution in [3.8, 4) is 5.75 Å². The molecule has 2 heterocycles. The summed E-state index contributed by atoms with van der Waals surface area (Å²) in [7, 11) is 1.25. The van der Waals surface area contributed by atoms with Crippen LogP contribution in [-0.2, 0) is 9.53 Å². The number of nitrogens with zero attached hydrogens (tertiary/aromatic N) is 2. The molecule has 1 amide bonds. The number of carbonyl (C=O) groups is 3. The van der Waals surface area contributed by atoms with Gasteiger partial charge in [0.25, 0.3) is 5.91 Å². The molecular formula is C23H20N2O7. The maximum absolute atomic E-state index is 13.3. The van der Waals surface area contributed by atoms with Crippen LogP contribution in [-0.4, -0.2) is 42.5 Å². The quantitative estimate of drug-likeness (QED) is 0.332. The molecule has 0 spiro atoms. The maximum Gasteiger partial charge on any atom is 0.420 e. The highest BCUT2D eigenvalue weighted by atomic mass is 16.5. The largest absolute Gasteiger partial charge is 0.482 e. The lowest BCUT2D eigenvalue weighted by Crippen LogP contribution is -2.39. The second-order valence-corrected chi connectivity index (χ2v) is 7.22. The van der Waals surface area contributed by atoms with Crippen molar-refractivity contribution < 1.29 is 28.3 Å². The molecule has 9 nitrogen and oxygen atoms in total. The Morgan fingerprint density at radius 2 is 1.94 bits per heavy atom. The minimum atomic E-state index is -0.904. The number of rotatable bonds is 6. The van der Waals surface area contributed by atoms with Gasteiger partial charge in [-0.25, -0.2) is 9.59 Å². The van der Waals surface area contributed by atoms with Gasteiger partial charge in [0.2, 0.25) is 0 Å². The first kappa shape index (κ1) is 21.1. The van der Waals surface area contributed by atoms with Gasteiger partial charge < -0.3 is 18.8 Å². The number of Topliss-reactive ketones (excluding diaryl/α,β-unsaturated/α-hetero) is 1. The van der Waals surface area contributed by atoms with Crippen LogP contribution in [0.5, 0.6) is 5.75 Å². The monoisotopic (exact) mass is 436 g/mol. The van der Waals surface area contributed by atoms with E-state index in [1.165, 1.54) is 34.8 Å². The Morgan fingerprint density at radius 3 is 2.66 bits per heavy atom. The zero-order valence-corrected chi connectivity index (χ0v) is 17.5. The molecule has 4 rings (SSSR count). The summed E-state index contributed by atoms with van der Waals surface area (Å²) in [5, 5.41) is 0. The van der Waals surface area contributed by atoms with Crippen molar-refractivity contribution in [3.63, 3.8) is 0 Å². The van der Waals surface area contributed by atoms with E-state index >= 15 is 0 Å². The predicted octanol–water partition coefficient (Wildman–Crippen LogP) is 2.74. The van der Waals surface area contributed by atoms with Crippen molar-refractivity contribution in [1.29, 1.82) is 0 Å². The highest BCUT2D eigenvalue weighted by molar-refractivity contribution is 6.03. The van der Waals surface area contributed by atoms with E-state index in [1.54, 1.807) is 31.2 Å². The normalized spacial score (nSPS) is 13.9. The van der Waals surface area contributed by atoms with Crippen LogP contribution in [0.4, 0.5) is 5.69 Å². The van der Waals surface area contributed by atoms with Gasteiger partial charge in [0, 0.05) is 12.1 Å². The van der Waals surface area contributed by atoms with Crippen LogP contribution in [0.3, 0.4) is 0 Å². The van der Waals surface area contributed by atoms with E-state index in [4.69, 9.17) is 9.15 Å². The Hall–Kier alpha value is -4.14. The lowest BCUT2D eigenvalue weighted by Gasteiger charge is -2.29. The molecule has 0 bridgehead atoms. The Morgan fingerprint density at radius 1 is 1.19 bits per heavy atom. The lowest BCUT2D eigenvalue weighted by molar-refractivity contribution is -0.121. The highest BCUT2D eigenvalue weighted by Gasteiger charge is 2.28. The first-order valence-electron chi connectivity index (χ1n) is 9.81. The van der Waals surface area contributed by atoms with Crippen LogP contribution in [0.2, 0.25) is 0 Å². The minimum absolute atomic E-state index is 0.0888. The third-order valence-corrected chi connectivity index (χ3v) is 5.30. The second-order valence-electron chi connectivity index (χ2n) is 7.22. The summed E-state index contributed by atoms with van der Waals surface area (Å²) in [6, 6.07) is 8.29. The third kappa shape index (κ3) is 3.47. The van der Waals surface area contributed by atoms with Gasteiger partial charge in [-0.15, -0.1) is 6.58 Å². The molecule has 0 fully saturated rings. The van der Waals surface area contributed by atoms with Crippen LogP contribution >= 0.6 is 0 Å². The molecule has 164 valence electrons. The summed E-state index contributed by atoms with van der Waals surface area (Å²) in [5.41, 5.74) is 1.52. The van der Waals surface area contributed by atoms with Crippen LogP contribution in [0.25, 0.3) is 11.1 Å². The molecule has 0 saturated carbocycles. The number of hydrogen-bond donors (Lipinski definition) is 0. The van der Waals surface area contributed by atoms with Gasteiger partial charge >= 0.3 is 11.7 Å². The molecule has 0 N–H and O–H groups in total. The molecule has 0 aliphatic carbocycles. The third-order valence-electron chi connectivity index (χ3n) is 5.30. The van der Waals surface area contributed by atoms with Crippen molar-refractivity contribution in [2.24, 2.45) is 0 Å². The fourth-order valence-electron chi connectivity index (χ4n) is 3.69. The molecule has 0 saturated heterocycles. The SMILES string of the molecule is C=CCN1C(=O)COc2ccc(C(=O)C(C)n3c(=O)oc4cc(C(=O)OC)ccc43)cc21. The highest BCUT2D eigenvalue weighted by Crippen LogP contribution is 2.34. The topological polar surface area (TPSA) is 108 Å². The van der Waals surface area contributed by atoms with Crippen LogP contribution in [0.1, 0.15) is 33.7 Å². The number of benzene rings is 2. The summed E-state index contributed by atoms with van der Waals surface area (Å²) in [6.07, 6.45) is 1.59. The molecule has 0 radical (unpaired) electrons. The predicted molar refractivity (Wildman–Crippen MR) is 115 cm³/mol. The molecule has 1 aliphatic rings. The van der Waals surface area contributed by atoms with Crippen molar-refractivity contribution in [1.82, 2.24) is 4.57 Å². The lowest BCUT2D eigenvalue weighted by atomic mass is 10.0. The van der Waals surface area contributed by atoms with Gasteiger partial charge in [-0.2, -0.15) is 0 Å². The zero-order valence-electron chi connectivity index (χ0n) is 17.5. The fourth-order valence-corrected chi connectivity index (χ4v) is 3.69. The van der Waals surface area contributed by atoms with Gasteiger partial charge in [-0.05, 0) is 43.3 Å². The van der Waals surface area contributed by atoms with E-state index in [0.717, 1.165) is 0 Å². The van der Waals surface area contributed by atoms with E-state index in [9.17, 15) is 19.2 Å². The molecule has 32 heavy (non-hydrogen) atoms. The van der Waals surface area contributed by atoms with Crippen molar-refractivity contribution in [2.45, 2.75) is 13.0 Å². The van der Waals surface area contributed by atoms with E-state index in [-0.39, 0.29) is 36.0 Å². The Bertz CT molecular complexity index is 1320. The Balaban J connectivity index is 1.72. The van der Waals surface area contributed by atoms with E-state index < -0.39 is 17.8 Å². The number of carbonyl (C=O) groups excluding carboxylic acids is 3. The van der Waals surface area contributed by atoms with Gasteiger partial charge in [-0.1, -0.05) is 6.08 Å². The van der Waals surface area contributed by atoms with E-state index in [1.807, 2.05) is 0 Å². The van der Waals surface area contributed by atoms with Gasteiger partial charge in [0.05, 0.1) is 23.9 Å². The molecule has 1 aromatic heterocycles. The second kappa shape index (κ2) is 8.18. The van der Waals surface area contributed by atoms with E-state index in [2.05, 4.69) is 11.3 Å². The molecule has 2 aromatic carbocycles. The Kier molecular flexibility index (Phi) is 5.40. The molecule has 1 unspecified atom stereocenters. The maximum atomic E-state index is 13.3. The number of fused-ring (bicyclic) bond motifs is 2. The smallest absolute Gasteiger partial charge is 0.420 e. The number of hydrogen-bond acceptors (Lipinski definition) is 7. The number of aromatic nitrogens is 1. The molecular weight excluding hydrogens is 416 g/mol. The molecule has 3 aromatic rings. The standard InChI is InChI=1S/C23H20N2O7/c1-4-9-24-17-10-14(6-8-18(17)31-12-20(24)26)21(27)13(2)25-16-7-5-15(22(28)30-3)11-19(16)32-23(25)29/h4-8,10-11,13H,1,9,12H2,2-3H3. The number of esters is 1. The minimum Gasteiger partial charge on any atom is -0.482 e. The molecule has 1 aliphatic heterocycles. The molecule has 9 heteroatoms. The van der Waals surface area contributed by atoms with Gasteiger partial charge in [0.1, 0.15) is 11.8 Å². The fraction of sp³-hybridized carbons (Fsp3) is 0.217. The Labute approximate surface area is 182 Å². The summed E-state index contributed by atoms with van der Waals surface area (Å²) < 4.78 is 16.6. The average molecular weight is 436 g/mol. The van der Waals surface area contributed by atoms with Crippen LogP contribution in [0, 0.1) is 0 Å². The van der Waals surface area contributed by atoms with Crippen molar-refractivity contribution in [2.75, 3.05) is 25.2 Å². The van der Waals surface area contributed by atoms with Crippen LogP contribution < -0.4 is 15.4 Å². The molecule has 1 atom stereocenters. The van der Waals surface area contributed by atoms with Crippen molar-refractivity contribution >= 4 is 34.4 Å². The number of ketones is 1. The first-order valence-corrected chi connectivity index (χ1v) is 9.81. The number of methoxy groups -OCH3 is 1. The number of oxazole rings is 1. The summed E-state index contributed by atoms with van der Waals surface area (Å²) in [4.78, 5) is 51.2. The van der Waals surface area contributed by atoms with Gasteiger partial charge in [-0.3, -0.25) is 14.2 Å². The van der Waals surface area contributed by atoms with E-state index in [0.29, 0.717) is 22.5 Å². The zero-order chi connectivity index (χ0) is 23.0. The number of ether oxygens (including phenoxy) is 2. The number of amides is 1. The average Bonchev–Trinajstić information content (AvgIpc) is 3.13. The van der Waals surface area contributed by atoms with Crippen LogP contribution in [0.15, 0.2) is 58.3 Å². The van der Waals surface area contributed by atoms with Gasteiger partial charge in [0.15, 0.2) is 18.0 Å². The van der Waals surface area contributed by atoms with Crippen molar-refractivity contribution in [3.05, 3.63) is 70.7 Å². The number of anilines is 1.